The lowest BCUT2D eigenvalue weighted by Gasteiger charge is -2.05. The van der Waals surface area contributed by atoms with Gasteiger partial charge in [0.15, 0.2) is 0 Å². The number of amides is 1. The molecule has 3 heterocycles. The highest BCUT2D eigenvalue weighted by atomic mass is 32.1. The molecule has 120 valence electrons. The van der Waals surface area contributed by atoms with Crippen LogP contribution in [0.25, 0.3) is 16.0 Å². The standard InChI is InChI=1S/C16H14N6OS/c23-15(10-21-11-18-13-4-1-2-5-14(13)21)17-8-12-9-22(20-19-12)16-6-3-7-24-16/h1-7,9,11H,8,10H2,(H,17,23). The van der Waals surface area contributed by atoms with Crippen LogP contribution in [-0.4, -0.2) is 30.5 Å². The van der Waals surface area contributed by atoms with Crippen molar-refractivity contribution < 1.29 is 4.79 Å². The van der Waals surface area contributed by atoms with Gasteiger partial charge in [-0.25, -0.2) is 9.67 Å². The fourth-order valence-corrected chi connectivity index (χ4v) is 3.07. The molecule has 7 nitrogen and oxygen atoms in total. The molecule has 0 aliphatic heterocycles. The van der Waals surface area contributed by atoms with Gasteiger partial charge < -0.3 is 9.88 Å². The van der Waals surface area contributed by atoms with Crippen LogP contribution < -0.4 is 5.32 Å². The summed E-state index contributed by atoms with van der Waals surface area (Å²) in [6.45, 7) is 0.566. The van der Waals surface area contributed by atoms with Crippen molar-refractivity contribution in [3.63, 3.8) is 0 Å². The van der Waals surface area contributed by atoms with Crippen molar-refractivity contribution in [2.24, 2.45) is 0 Å². The third-order valence-electron chi connectivity index (χ3n) is 3.58. The largest absolute Gasteiger partial charge is 0.349 e. The molecule has 0 radical (unpaired) electrons. The van der Waals surface area contributed by atoms with E-state index < -0.39 is 0 Å². The molecule has 4 aromatic rings. The number of nitrogens with one attached hydrogen (secondary N) is 1. The van der Waals surface area contributed by atoms with E-state index in [0.29, 0.717) is 12.2 Å². The van der Waals surface area contributed by atoms with Crippen molar-refractivity contribution in [3.8, 4) is 5.00 Å². The number of rotatable bonds is 5. The molecule has 0 unspecified atom stereocenters. The molecular formula is C16H14N6OS. The molecule has 1 N–H and O–H groups in total. The first-order valence-corrected chi connectivity index (χ1v) is 8.29. The summed E-state index contributed by atoms with van der Waals surface area (Å²) >= 11 is 1.58. The number of para-hydroxylation sites is 2. The fourth-order valence-electron chi connectivity index (χ4n) is 2.42. The van der Waals surface area contributed by atoms with E-state index in [-0.39, 0.29) is 12.5 Å². The average molecular weight is 338 g/mol. The summed E-state index contributed by atoms with van der Waals surface area (Å²) in [7, 11) is 0. The maximum atomic E-state index is 12.2. The van der Waals surface area contributed by atoms with Gasteiger partial charge in [0.05, 0.1) is 30.1 Å². The number of imidazole rings is 1. The maximum Gasteiger partial charge on any atom is 0.240 e. The van der Waals surface area contributed by atoms with Crippen LogP contribution in [0.4, 0.5) is 0 Å². The summed E-state index contributed by atoms with van der Waals surface area (Å²) < 4.78 is 3.53. The highest BCUT2D eigenvalue weighted by Crippen LogP contribution is 2.13. The minimum atomic E-state index is -0.0937. The molecule has 0 spiro atoms. The van der Waals surface area contributed by atoms with Gasteiger partial charge in [-0.2, -0.15) is 0 Å². The minimum absolute atomic E-state index is 0.0937. The molecule has 0 saturated carbocycles. The van der Waals surface area contributed by atoms with Crippen molar-refractivity contribution in [2.45, 2.75) is 13.1 Å². The highest BCUT2D eigenvalue weighted by Gasteiger charge is 2.08. The number of hydrogen-bond acceptors (Lipinski definition) is 5. The van der Waals surface area contributed by atoms with E-state index in [0.717, 1.165) is 16.0 Å². The summed E-state index contributed by atoms with van der Waals surface area (Å²) in [6, 6.07) is 11.7. The first-order valence-electron chi connectivity index (χ1n) is 7.41. The van der Waals surface area contributed by atoms with Gasteiger partial charge in [0.25, 0.3) is 0 Å². The van der Waals surface area contributed by atoms with Gasteiger partial charge in [-0.15, -0.1) is 16.4 Å². The smallest absolute Gasteiger partial charge is 0.240 e. The molecule has 0 aliphatic rings. The van der Waals surface area contributed by atoms with Gasteiger partial charge in [0.2, 0.25) is 5.91 Å². The van der Waals surface area contributed by atoms with Crippen molar-refractivity contribution in [2.75, 3.05) is 0 Å². The molecule has 0 fully saturated rings. The molecule has 1 aromatic carbocycles. The number of nitrogens with zero attached hydrogens (tertiary/aromatic N) is 5. The predicted octanol–water partition coefficient (Wildman–Crippen LogP) is 1.99. The Morgan fingerprint density at radius 1 is 1.21 bits per heavy atom. The van der Waals surface area contributed by atoms with E-state index in [1.165, 1.54) is 0 Å². The minimum Gasteiger partial charge on any atom is -0.349 e. The Bertz CT molecular complexity index is 971. The summed E-state index contributed by atoms with van der Waals surface area (Å²) in [5, 5.41) is 14.0. The molecule has 4 rings (SSSR count). The van der Waals surface area contributed by atoms with E-state index in [9.17, 15) is 4.79 Å². The Kier molecular flexibility index (Phi) is 3.80. The lowest BCUT2D eigenvalue weighted by Crippen LogP contribution is -2.27. The molecule has 8 heteroatoms. The van der Waals surface area contributed by atoms with Crippen LogP contribution in [0.3, 0.4) is 0 Å². The fraction of sp³-hybridized carbons (Fsp3) is 0.125. The van der Waals surface area contributed by atoms with E-state index in [2.05, 4.69) is 20.6 Å². The van der Waals surface area contributed by atoms with E-state index >= 15 is 0 Å². The first-order chi connectivity index (χ1) is 11.8. The van der Waals surface area contributed by atoms with Crippen LogP contribution in [0.5, 0.6) is 0 Å². The Morgan fingerprint density at radius 3 is 3.00 bits per heavy atom. The molecule has 0 aliphatic carbocycles. The maximum absolute atomic E-state index is 12.2. The molecule has 24 heavy (non-hydrogen) atoms. The van der Waals surface area contributed by atoms with Gasteiger partial charge in [-0.3, -0.25) is 4.79 Å². The highest BCUT2D eigenvalue weighted by molar-refractivity contribution is 7.12. The van der Waals surface area contributed by atoms with Crippen LogP contribution in [-0.2, 0) is 17.9 Å². The topological polar surface area (TPSA) is 77.6 Å². The van der Waals surface area contributed by atoms with E-state index in [4.69, 9.17) is 0 Å². The van der Waals surface area contributed by atoms with Crippen LogP contribution in [0.1, 0.15) is 5.69 Å². The lowest BCUT2D eigenvalue weighted by molar-refractivity contribution is -0.121. The van der Waals surface area contributed by atoms with Crippen molar-refractivity contribution in [1.29, 1.82) is 0 Å². The van der Waals surface area contributed by atoms with Gasteiger partial charge >= 0.3 is 0 Å². The van der Waals surface area contributed by atoms with Crippen LogP contribution >= 0.6 is 11.3 Å². The molecule has 0 atom stereocenters. The Labute approximate surface area is 141 Å². The van der Waals surface area contributed by atoms with Gasteiger partial charge in [-0.05, 0) is 29.6 Å². The summed E-state index contributed by atoms with van der Waals surface area (Å²) in [6.07, 6.45) is 3.50. The second-order valence-electron chi connectivity index (χ2n) is 5.24. The Hall–Kier alpha value is -3.00. The van der Waals surface area contributed by atoms with E-state index in [1.54, 1.807) is 22.3 Å². The van der Waals surface area contributed by atoms with Gasteiger partial charge in [0.1, 0.15) is 17.2 Å². The number of aromatic nitrogens is 5. The van der Waals surface area contributed by atoms with Crippen LogP contribution in [0.15, 0.2) is 54.3 Å². The molecule has 0 bridgehead atoms. The lowest BCUT2D eigenvalue weighted by atomic mass is 10.3. The zero-order chi connectivity index (χ0) is 16.4. The van der Waals surface area contributed by atoms with E-state index in [1.807, 2.05) is 52.5 Å². The number of hydrogen-bond donors (Lipinski definition) is 1. The predicted molar refractivity (Wildman–Crippen MR) is 90.8 cm³/mol. The number of fused-ring (bicyclic) bond motifs is 1. The van der Waals surface area contributed by atoms with Gasteiger partial charge in [-0.1, -0.05) is 17.3 Å². The second kappa shape index (κ2) is 6.25. The SMILES string of the molecule is O=C(Cn1cnc2ccccc21)NCc1cn(-c2cccs2)nn1. The number of benzene rings is 1. The molecular weight excluding hydrogens is 324 g/mol. The normalized spacial score (nSPS) is 11.0. The third-order valence-corrected chi connectivity index (χ3v) is 4.44. The van der Waals surface area contributed by atoms with Crippen molar-refractivity contribution >= 4 is 28.3 Å². The van der Waals surface area contributed by atoms with Crippen LogP contribution in [0, 0.1) is 0 Å². The Morgan fingerprint density at radius 2 is 2.12 bits per heavy atom. The Balaban J connectivity index is 1.38. The van der Waals surface area contributed by atoms with Gasteiger partial charge in [0, 0.05) is 0 Å². The van der Waals surface area contributed by atoms with Crippen molar-refractivity contribution in [1.82, 2.24) is 29.9 Å². The molecule has 0 saturated heterocycles. The quantitative estimate of drug-likeness (QED) is 0.604. The first kappa shape index (κ1) is 14.6. The number of thiophene rings is 1. The monoisotopic (exact) mass is 338 g/mol. The zero-order valence-electron chi connectivity index (χ0n) is 12.7. The second-order valence-corrected chi connectivity index (χ2v) is 6.17. The summed E-state index contributed by atoms with van der Waals surface area (Å²) in [5.41, 5.74) is 2.53. The third kappa shape index (κ3) is 2.91. The average Bonchev–Trinajstić information content (AvgIpc) is 3.34. The summed E-state index contributed by atoms with van der Waals surface area (Å²) in [5.74, 6) is -0.0937. The summed E-state index contributed by atoms with van der Waals surface area (Å²) in [4.78, 5) is 16.4. The zero-order valence-corrected chi connectivity index (χ0v) is 13.5. The number of carbonyl (C=O) groups excluding carboxylic acids is 1. The van der Waals surface area contributed by atoms with Crippen LogP contribution in [0.2, 0.25) is 0 Å². The molecule has 1 amide bonds. The molecule has 3 aromatic heterocycles. The number of carbonyl (C=O) groups is 1. The van der Waals surface area contributed by atoms with Crippen molar-refractivity contribution in [3.05, 3.63) is 60.0 Å².